The van der Waals surface area contributed by atoms with Crippen LogP contribution in [0.2, 0.25) is 19.4 Å². The maximum absolute atomic E-state index is 6.12. The Hall–Kier alpha value is -0.120. The van der Waals surface area contributed by atoms with Gasteiger partial charge in [0.05, 0.1) is 26.1 Å². The second kappa shape index (κ2) is 5.89. The van der Waals surface area contributed by atoms with Crippen molar-refractivity contribution in [2.45, 2.75) is 13.0 Å². The van der Waals surface area contributed by atoms with Crippen LogP contribution >= 0.6 is 57.7 Å². The Kier molecular flexibility index (Phi) is 4.68. The third kappa shape index (κ3) is 3.25. The first-order chi connectivity index (χ1) is 8.47. The summed E-state index contributed by atoms with van der Waals surface area (Å²) in [4.78, 5) is 1.11. The Morgan fingerprint density at radius 3 is 2.17 bits per heavy atom. The second-order valence-electron chi connectivity index (χ2n) is 3.75. The number of benzene rings is 1. The average Bonchev–Trinajstić information content (AvgIpc) is 2.70. The molecule has 1 aromatic heterocycles. The Morgan fingerprint density at radius 1 is 1.06 bits per heavy atom. The van der Waals surface area contributed by atoms with Gasteiger partial charge >= 0.3 is 0 Å². The Bertz CT molecular complexity index is 544. The minimum Gasteiger partial charge on any atom is -0.375 e. The van der Waals surface area contributed by atoms with Crippen LogP contribution in [-0.4, -0.2) is 0 Å². The molecule has 2 aromatic rings. The van der Waals surface area contributed by atoms with Gasteiger partial charge in [-0.3, -0.25) is 0 Å². The van der Waals surface area contributed by atoms with Crippen LogP contribution in [0.15, 0.2) is 24.3 Å². The lowest BCUT2D eigenvalue weighted by atomic mass is 10.2. The van der Waals surface area contributed by atoms with Crippen LogP contribution in [0.25, 0.3) is 0 Å². The monoisotopic (exact) mass is 339 g/mol. The number of hydrogen-bond donors (Lipinski definition) is 1. The molecule has 0 amide bonds. The fourth-order valence-corrected chi connectivity index (χ4v) is 3.52. The van der Waals surface area contributed by atoms with Crippen LogP contribution in [0.4, 0.5) is 5.69 Å². The van der Waals surface area contributed by atoms with E-state index >= 15 is 0 Å². The predicted octanol–water partition coefficient (Wildman–Crippen LogP) is 6.53. The van der Waals surface area contributed by atoms with Gasteiger partial charge in [-0.1, -0.05) is 46.4 Å². The Labute approximate surface area is 130 Å². The molecule has 0 aliphatic rings. The van der Waals surface area contributed by atoms with Gasteiger partial charge in [-0.05, 0) is 31.2 Å². The van der Waals surface area contributed by atoms with Crippen molar-refractivity contribution in [2.24, 2.45) is 0 Å². The number of halogens is 4. The van der Waals surface area contributed by atoms with E-state index in [4.69, 9.17) is 46.4 Å². The minimum absolute atomic E-state index is 0.0682. The molecule has 6 heteroatoms. The lowest BCUT2D eigenvalue weighted by molar-refractivity contribution is 0.908. The summed E-state index contributed by atoms with van der Waals surface area (Å²) in [7, 11) is 0. The number of anilines is 1. The molecule has 1 heterocycles. The molecule has 18 heavy (non-hydrogen) atoms. The summed E-state index contributed by atoms with van der Waals surface area (Å²) in [6.45, 7) is 2.02. The van der Waals surface area contributed by atoms with E-state index in [1.54, 1.807) is 12.1 Å². The predicted molar refractivity (Wildman–Crippen MR) is 82.8 cm³/mol. The highest BCUT2D eigenvalue weighted by molar-refractivity contribution is 7.16. The number of rotatable bonds is 3. The molecule has 0 fully saturated rings. The van der Waals surface area contributed by atoms with E-state index in [0.29, 0.717) is 20.8 Å². The van der Waals surface area contributed by atoms with Crippen LogP contribution in [0.1, 0.15) is 17.8 Å². The molecule has 96 valence electrons. The largest absolute Gasteiger partial charge is 0.375 e. The fourth-order valence-electron chi connectivity index (χ4n) is 1.53. The highest BCUT2D eigenvalue weighted by atomic mass is 35.5. The van der Waals surface area contributed by atoms with Crippen molar-refractivity contribution in [1.82, 2.24) is 0 Å². The quantitative estimate of drug-likeness (QED) is 0.669. The molecule has 1 nitrogen and oxygen atoms in total. The molecule has 0 radical (unpaired) electrons. The third-order valence-electron chi connectivity index (χ3n) is 2.39. The molecule has 1 aromatic carbocycles. The molecule has 1 N–H and O–H groups in total. The highest BCUT2D eigenvalue weighted by Gasteiger charge is 2.13. The van der Waals surface area contributed by atoms with E-state index < -0.39 is 0 Å². The molecular formula is C12H9Cl4NS. The van der Waals surface area contributed by atoms with E-state index in [-0.39, 0.29) is 6.04 Å². The summed E-state index contributed by atoms with van der Waals surface area (Å²) >= 11 is 25.5. The van der Waals surface area contributed by atoms with Gasteiger partial charge in [0.25, 0.3) is 0 Å². The van der Waals surface area contributed by atoms with Crippen LogP contribution < -0.4 is 5.32 Å². The molecule has 1 atom stereocenters. The molecule has 0 saturated carbocycles. The molecule has 2 rings (SSSR count). The van der Waals surface area contributed by atoms with Crippen molar-refractivity contribution in [2.75, 3.05) is 5.32 Å². The summed E-state index contributed by atoms with van der Waals surface area (Å²) in [5, 5.41) is 4.78. The van der Waals surface area contributed by atoms with Gasteiger partial charge in [-0.2, -0.15) is 0 Å². The molecule has 0 aliphatic carbocycles. The van der Waals surface area contributed by atoms with Gasteiger partial charge in [-0.15, -0.1) is 11.3 Å². The molecule has 0 spiro atoms. The standard InChI is InChI=1S/C12H9Cl4NS/c1-6(10-2-3-11(16)18-10)17-12-8(14)4-7(13)5-9(12)15/h2-6,17H,1H3. The maximum atomic E-state index is 6.12. The summed E-state index contributed by atoms with van der Waals surface area (Å²) in [5.41, 5.74) is 0.680. The first-order valence-corrected chi connectivity index (χ1v) is 7.46. The Morgan fingerprint density at radius 2 is 1.67 bits per heavy atom. The zero-order chi connectivity index (χ0) is 13.3. The summed E-state index contributed by atoms with van der Waals surface area (Å²) in [5.74, 6) is 0. The first-order valence-electron chi connectivity index (χ1n) is 5.13. The maximum Gasteiger partial charge on any atom is 0.0932 e. The smallest absolute Gasteiger partial charge is 0.0932 e. The van der Waals surface area contributed by atoms with Crippen molar-refractivity contribution >= 4 is 63.4 Å². The minimum atomic E-state index is 0.0682. The molecular weight excluding hydrogens is 332 g/mol. The van der Waals surface area contributed by atoms with Crippen molar-refractivity contribution in [3.8, 4) is 0 Å². The summed E-state index contributed by atoms with van der Waals surface area (Å²) < 4.78 is 0.756. The van der Waals surface area contributed by atoms with Gasteiger partial charge in [0.15, 0.2) is 0 Å². The van der Waals surface area contributed by atoms with E-state index in [0.717, 1.165) is 9.21 Å². The van der Waals surface area contributed by atoms with E-state index in [2.05, 4.69) is 5.32 Å². The number of thiophene rings is 1. The van der Waals surface area contributed by atoms with Crippen LogP contribution in [0.5, 0.6) is 0 Å². The molecule has 0 saturated heterocycles. The highest BCUT2D eigenvalue weighted by Crippen LogP contribution is 2.37. The van der Waals surface area contributed by atoms with Gasteiger partial charge in [0.1, 0.15) is 0 Å². The first kappa shape index (κ1) is 14.3. The van der Waals surface area contributed by atoms with Crippen LogP contribution in [0, 0.1) is 0 Å². The van der Waals surface area contributed by atoms with Gasteiger partial charge in [0, 0.05) is 9.90 Å². The van der Waals surface area contributed by atoms with Crippen molar-refractivity contribution in [3.05, 3.63) is 48.5 Å². The molecule has 0 aliphatic heterocycles. The molecule has 1 unspecified atom stereocenters. The zero-order valence-corrected chi connectivity index (χ0v) is 13.1. The van der Waals surface area contributed by atoms with E-state index in [1.165, 1.54) is 11.3 Å². The van der Waals surface area contributed by atoms with Crippen molar-refractivity contribution < 1.29 is 0 Å². The van der Waals surface area contributed by atoms with E-state index in [1.807, 2.05) is 19.1 Å². The lowest BCUT2D eigenvalue weighted by Gasteiger charge is -2.16. The van der Waals surface area contributed by atoms with Gasteiger partial charge in [0.2, 0.25) is 0 Å². The van der Waals surface area contributed by atoms with Gasteiger partial charge < -0.3 is 5.32 Å². The topological polar surface area (TPSA) is 12.0 Å². The second-order valence-corrected chi connectivity index (χ2v) is 6.75. The van der Waals surface area contributed by atoms with Crippen molar-refractivity contribution in [1.29, 1.82) is 0 Å². The summed E-state index contributed by atoms with van der Waals surface area (Å²) in [6, 6.07) is 7.23. The number of hydrogen-bond acceptors (Lipinski definition) is 2. The average molecular weight is 341 g/mol. The fraction of sp³-hybridized carbons (Fsp3) is 0.167. The van der Waals surface area contributed by atoms with Crippen LogP contribution in [0.3, 0.4) is 0 Å². The Balaban J connectivity index is 2.24. The van der Waals surface area contributed by atoms with Crippen molar-refractivity contribution in [3.63, 3.8) is 0 Å². The SMILES string of the molecule is CC(Nc1c(Cl)cc(Cl)cc1Cl)c1ccc(Cl)s1. The molecule has 0 bridgehead atoms. The van der Waals surface area contributed by atoms with Gasteiger partial charge in [-0.25, -0.2) is 0 Å². The van der Waals surface area contributed by atoms with Crippen LogP contribution in [-0.2, 0) is 0 Å². The zero-order valence-electron chi connectivity index (χ0n) is 9.31. The van der Waals surface area contributed by atoms with E-state index in [9.17, 15) is 0 Å². The summed E-state index contributed by atoms with van der Waals surface area (Å²) in [6.07, 6.45) is 0. The third-order valence-corrected chi connectivity index (χ3v) is 4.62. The lowest BCUT2D eigenvalue weighted by Crippen LogP contribution is -2.05. The normalized spacial score (nSPS) is 12.5. The number of nitrogens with one attached hydrogen (secondary N) is 1.